The maximum atomic E-state index is 10.3. The lowest BCUT2D eigenvalue weighted by atomic mass is 10.1. The van der Waals surface area contributed by atoms with Gasteiger partial charge in [-0.2, -0.15) is 0 Å². The van der Waals surface area contributed by atoms with Crippen molar-refractivity contribution in [1.82, 2.24) is 4.90 Å². The number of aliphatic hydroxyl groups excluding tert-OH is 1. The van der Waals surface area contributed by atoms with Crippen LogP contribution in [0, 0.1) is 13.8 Å². The smallest absolute Gasteiger partial charge is 0.120 e. The maximum absolute atomic E-state index is 10.3. The van der Waals surface area contributed by atoms with Gasteiger partial charge < -0.3 is 14.7 Å². The van der Waals surface area contributed by atoms with Crippen LogP contribution in [0.15, 0.2) is 42.5 Å². The molecule has 0 saturated carbocycles. The highest BCUT2D eigenvalue weighted by Gasteiger charge is 2.19. The number of hydrogen-bond acceptors (Lipinski definition) is 4. The van der Waals surface area contributed by atoms with E-state index >= 15 is 0 Å². The van der Waals surface area contributed by atoms with E-state index < -0.39 is 6.10 Å². The third kappa shape index (κ3) is 4.91. The molecule has 1 aliphatic rings. The Labute approximate surface area is 160 Å². The highest BCUT2D eigenvalue weighted by atomic mass is 35.5. The Balaban J connectivity index is 1.44. The normalized spacial score (nSPS) is 16.5. The zero-order chi connectivity index (χ0) is 18.5. The van der Waals surface area contributed by atoms with Gasteiger partial charge in [0.05, 0.1) is 0 Å². The Morgan fingerprint density at radius 1 is 1.04 bits per heavy atom. The van der Waals surface area contributed by atoms with Gasteiger partial charge in [-0.15, -0.1) is 0 Å². The minimum atomic E-state index is -0.505. The van der Waals surface area contributed by atoms with Crippen LogP contribution in [0.25, 0.3) is 0 Å². The fourth-order valence-corrected chi connectivity index (χ4v) is 3.47. The molecule has 26 heavy (non-hydrogen) atoms. The highest BCUT2D eigenvalue weighted by molar-refractivity contribution is 6.32. The fraction of sp³-hybridized carbons (Fsp3) is 0.429. The van der Waals surface area contributed by atoms with E-state index in [9.17, 15) is 5.11 Å². The number of hydrogen-bond donors (Lipinski definition) is 1. The first-order valence-electron chi connectivity index (χ1n) is 9.13. The number of rotatable bonds is 6. The first-order chi connectivity index (χ1) is 12.5. The molecular formula is C21H27ClN2O2. The van der Waals surface area contributed by atoms with Gasteiger partial charge in [-0.25, -0.2) is 0 Å². The fourth-order valence-electron chi connectivity index (χ4n) is 3.36. The standard InChI is InChI=1S/C21H27ClN2O2/c1-16-12-20(13-17(2)21(16)22)26-15-19(25)14-23-8-10-24(11-9-23)18-6-4-3-5-7-18/h3-7,12-13,19,25H,8-11,14-15H2,1-2H3/t19-/m0/s1. The van der Waals surface area contributed by atoms with Crippen molar-refractivity contribution < 1.29 is 9.84 Å². The van der Waals surface area contributed by atoms with Crippen molar-refractivity contribution in [3.05, 3.63) is 58.6 Å². The van der Waals surface area contributed by atoms with Crippen LogP contribution in [0.3, 0.4) is 0 Å². The predicted molar refractivity (Wildman–Crippen MR) is 108 cm³/mol. The molecule has 0 unspecified atom stereocenters. The monoisotopic (exact) mass is 374 g/mol. The van der Waals surface area contributed by atoms with E-state index in [0.29, 0.717) is 13.2 Å². The van der Waals surface area contributed by atoms with Gasteiger partial charge in [-0.05, 0) is 49.2 Å². The number of anilines is 1. The summed E-state index contributed by atoms with van der Waals surface area (Å²) in [6.45, 7) is 8.71. The summed E-state index contributed by atoms with van der Waals surface area (Å²) in [6, 6.07) is 14.3. The molecule has 2 aromatic carbocycles. The van der Waals surface area contributed by atoms with E-state index in [1.165, 1.54) is 5.69 Å². The summed E-state index contributed by atoms with van der Waals surface area (Å²) in [6.07, 6.45) is -0.505. The van der Waals surface area contributed by atoms with E-state index in [0.717, 1.165) is 48.1 Å². The van der Waals surface area contributed by atoms with Crippen LogP contribution in [-0.2, 0) is 0 Å². The summed E-state index contributed by atoms with van der Waals surface area (Å²) in [5, 5.41) is 11.1. The zero-order valence-electron chi connectivity index (χ0n) is 15.5. The Kier molecular flexibility index (Phi) is 6.41. The first kappa shape index (κ1) is 19.0. The van der Waals surface area contributed by atoms with Crippen LogP contribution < -0.4 is 9.64 Å². The molecule has 0 radical (unpaired) electrons. The summed E-state index contributed by atoms with van der Waals surface area (Å²) < 4.78 is 5.77. The van der Waals surface area contributed by atoms with Crippen LogP contribution in [0.5, 0.6) is 5.75 Å². The summed E-state index contributed by atoms with van der Waals surface area (Å²) in [4.78, 5) is 4.68. The second kappa shape index (κ2) is 8.76. The lowest BCUT2D eigenvalue weighted by molar-refractivity contribution is 0.0663. The maximum Gasteiger partial charge on any atom is 0.120 e. The van der Waals surface area contributed by atoms with Crippen LogP contribution in [-0.4, -0.2) is 55.4 Å². The molecule has 1 heterocycles. The van der Waals surface area contributed by atoms with Crippen LogP contribution in [0.2, 0.25) is 5.02 Å². The second-order valence-electron chi connectivity index (χ2n) is 6.96. The number of ether oxygens (including phenoxy) is 1. The van der Waals surface area contributed by atoms with E-state index in [1.54, 1.807) is 0 Å². The van der Waals surface area contributed by atoms with E-state index in [4.69, 9.17) is 16.3 Å². The number of piperazine rings is 1. The quantitative estimate of drug-likeness (QED) is 0.839. The number of para-hydroxylation sites is 1. The molecule has 0 amide bonds. The van der Waals surface area contributed by atoms with Gasteiger partial charge in [-0.1, -0.05) is 29.8 Å². The Bertz CT molecular complexity index is 692. The molecule has 0 spiro atoms. The molecule has 1 fully saturated rings. The number of aryl methyl sites for hydroxylation is 2. The lowest BCUT2D eigenvalue weighted by Crippen LogP contribution is -2.49. The molecule has 1 N–H and O–H groups in total. The molecule has 140 valence electrons. The molecule has 0 aliphatic carbocycles. The average Bonchev–Trinajstić information content (AvgIpc) is 2.65. The van der Waals surface area contributed by atoms with E-state index in [-0.39, 0.29) is 0 Å². The molecule has 0 bridgehead atoms. The molecule has 5 heteroatoms. The summed E-state index contributed by atoms with van der Waals surface area (Å²) in [5.74, 6) is 0.761. The van der Waals surface area contributed by atoms with Crippen molar-refractivity contribution in [3.63, 3.8) is 0 Å². The Morgan fingerprint density at radius 2 is 1.65 bits per heavy atom. The average molecular weight is 375 g/mol. The van der Waals surface area contributed by atoms with Crippen molar-refractivity contribution in [2.75, 3.05) is 44.2 Å². The van der Waals surface area contributed by atoms with Crippen molar-refractivity contribution in [2.45, 2.75) is 20.0 Å². The molecule has 0 aromatic heterocycles. The number of benzene rings is 2. The van der Waals surface area contributed by atoms with Gasteiger partial charge >= 0.3 is 0 Å². The number of nitrogens with zero attached hydrogens (tertiary/aromatic N) is 2. The second-order valence-corrected chi connectivity index (χ2v) is 7.34. The minimum Gasteiger partial charge on any atom is -0.491 e. The van der Waals surface area contributed by atoms with Crippen molar-refractivity contribution in [3.8, 4) is 5.75 Å². The number of aliphatic hydroxyl groups is 1. The van der Waals surface area contributed by atoms with Crippen molar-refractivity contribution >= 4 is 17.3 Å². The summed E-state index contributed by atoms with van der Waals surface area (Å²) in [7, 11) is 0. The lowest BCUT2D eigenvalue weighted by Gasteiger charge is -2.36. The van der Waals surface area contributed by atoms with Crippen LogP contribution in [0.1, 0.15) is 11.1 Å². The third-order valence-corrected chi connectivity index (χ3v) is 5.41. The SMILES string of the molecule is Cc1cc(OC[C@@H](O)CN2CCN(c3ccccc3)CC2)cc(C)c1Cl. The van der Waals surface area contributed by atoms with E-state index in [1.807, 2.05) is 32.0 Å². The zero-order valence-corrected chi connectivity index (χ0v) is 16.2. The van der Waals surface area contributed by atoms with Crippen LogP contribution in [0.4, 0.5) is 5.69 Å². The van der Waals surface area contributed by atoms with Gasteiger partial charge in [0.25, 0.3) is 0 Å². The molecule has 1 atom stereocenters. The highest BCUT2D eigenvalue weighted by Crippen LogP contribution is 2.26. The van der Waals surface area contributed by atoms with E-state index in [2.05, 4.69) is 34.1 Å². The largest absolute Gasteiger partial charge is 0.491 e. The van der Waals surface area contributed by atoms with Gasteiger partial charge in [-0.3, -0.25) is 4.90 Å². The Morgan fingerprint density at radius 3 is 2.27 bits per heavy atom. The molecule has 3 rings (SSSR count). The predicted octanol–water partition coefficient (Wildman–Crippen LogP) is 3.52. The Hall–Kier alpha value is -1.75. The van der Waals surface area contributed by atoms with Crippen molar-refractivity contribution in [2.24, 2.45) is 0 Å². The van der Waals surface area contributed by atoms with Crippen molar-refractivity contribution in [1.29, 1.82) is 0 Å². The summed E-state index contributed by atoms with van der Waals surface area (Å²) in [5.41, 5.74) is 3.26. The summed E-state index contributed by atoms with van der Waals surface area (Å²) >= 11 is 6.18. The molecule has 1 aliphatic heterocycles. The third-order valence-electron chi connectivity index (χ3n) is 4.81. The molecule has 1 saturated heterocycles. The molecular weight excluding hydrogens is 348 g/mol. The van der Waals surface area contributed by atoms with Gasteiger partial charge in [0.2, 0.25) is 0 Å². The minimum absolute atomic E-state index is 0.291. The molecule has 4 nitrogen and oxygen atoms in total. The van der Waals surface area contributed by atoms with Gasteiger partial charge in [0, 0.05) is 43.4 Å². The number of halogens is 1. The van der Waals surface area contributed by atoms with Crippen LogP contribution >= 0.6 is 11.6 Å². The first-order valence-corrected chi connectivity index (χ1v) is 9.50. The van der Waals surface area contributed by atoms with Gasteiger partial charge in [0.1, 0.15) is 18.5 Å². The number of β-amino-alcohol motifs (C(OH)–C–C–N with tert-alkyl or cyclic N) is 1. The topological polar surface area (TPSA) is 35.9 Å². The molecule has 2 aromatic rings. The van der Waals surface area contributed by atoms with Gasteiger partial charge in [0.15, 0.2) is 0 Å².